The summed E-state index contributed by atoms with van der Waals surface area (Å²) in [5, 5.41) is 18.8. The summed E-state index contributed by atoms with van der Waals surface area (Å²) in [6.45, 7) is 2.49. The predicted molar refractivity (Wildman–Crippen MR) is 87.5 cm³/mol. The molecule has 0 atom stereocenters. The van der Waals surface area contributed by atoms with Crippen LogP contribution in [0.4, 0.5) is 0 Å². The van der Waals surface area contributed by atoms with Crippen molar-refractivity contribution in [1.29, 1.82) is 5.26 Å². The monoisotopic (exact) mass is 310 g/mol. The van der Waals surface area contributed by atoms with Gasteiger partial charge >= 0.3 is 0 Å². The molecule has 0 saturated carbocycles. The molecule has 0 radical (unpaired) electrons. The molecule has 0 unspecified atom stereocenters. The lowest BCUT2D eigenvalue weighted by Crippen LogP contribution is -2.25. The van der Waals surface area contributed by atoms with Gasteiger partial charge in [0.05, 0.1) is 19.0 Å². The molecule has 0 spiro atoms. The number of nitrogens with one attached hydrogen (secondary N) is 2. The molecule has 0 aliphatic carbocycles. The van der Waals surface area contributed by atoms with Crippen molar-refractivity contribution < 1.29 is 9.53 Å². The highest BCUT2D eigenvalue weighted by molar-refractivity contribution is 6.02. The molecule has 1 aromatic heterocycles. The van der Waals surface area contributed by atoms with Crippen molar-refractivity contribution in [3.05, 3.63) is 41.6 Å². The Hall–Kier alpha value is -3.07. The van der Waals surface area contributed by atoms with Crippen LogP contribution in [0.2, 0.25) is 0 Å². The molecule has 118 valence electrons. The Morgan fingerprint density at radius 1 is 1.43 bits per heavy atom. The summed E-state index contributed by atoms with van der Waals surface area (Å²) in [6.07, 6.45) is 3.94. The number of hydrogen-bond donors (Lipinski definition) is 2. The third-order valence-electron chi connectivity index (χ3n) is 3.25. The lowest BCUT2D eigenvalue weighted by Gasteiger charge is -2.04. The van der Waals surface area contributed by atoms with Crippen LogP contribution in [0.15, 0.2) is 36.0 Å². The van der Waals surface area contributed by atoms with Crippen molar-refractivity contribution in [3.8, 4) is 23.1 Å². The third-order valence-corrected chi connectivity index (χ3v) is 3.25. The van der Waals surface area contributed by atoms with Crippen LogP contribution in [0.25, 0.3) is 17.3 Å². The molecule has 2 rings (SSSR count). The number of carbonyl (C=O) groups excluding carboxylic acids is 1. The second-order valence-electron chi connectivity index (χ2n) is 4.85. The Morgan fingerprint density at radius 3 is 2.78 bits per heavy atom. The Bertz CT molecular complexity index is 739. The van der Waals surface area contributed by atoms with E-state index in [1.807, 2.05) is 37.3 Å². The molecule has 6 heteroatoms. The van der Waals surface area contributed by atoms with E-state index in [0.29, 0.717) is 12.1 Å². The summed E-state index contributed by atoms with van der Waals surface area (Å²) in [5.41, 5.74) is 2.36. The van der Waals surface area contributed by atoms with E-state index >= 15 is 0 Å². The number of nitriles is 1. The van der Waals surface area contributed by atoms with Gasteiger partial charge in [-0.25, -0.2) is 0 Å². The predicted octanol–water partition coefficient (Wildman–Crippen LogP) is 2.52. The molecule has 23 heavy (non-hydrogen) atoms. The van der Waals surface area contributed by atoms with Gasteiger partial charge in [-0.05, 0) is 36.8 Å². The number of rotatable bonds is 6. The molecule has 2 N–H and O–H groups in total. The van der Waals surface area contributed by atoms with Crippen LogP contribution in [-0.2, 0) is 4.79 Å². The number of ether oxygens (including phenoxy) is 1. The molecule has 2 aromatic rings. The number of benzene rings is 1. The second kappa shape index (κ2) is 7.80. The van der Waals surface area contributed by atoms with E-state index in [4.69, 9.17) is 4.74 Å². The fourth-order valence-corrected chi connectivity index (χ4v) is 2.03. The normalized spacial score (nSPS) is 10.9. The number of H-pyrrole nitrogens is 1. The van der Waals surface area contributed by atoms with E-state index in [9.17, 15) is 10.1 Å². The molecule has 6 nitrogen and oxygen atoms in total. The van der Waals surface area contributed by atoms with Crippen LogP contribution in [-0.4, -0.2) is 29.8 Å². The molecule has 1 heterocycles. The van der Waals surface area contributed by atoms with Gasteiger partial charge in [-0.2, -0.15) is 10.4 Å². The van der Waals surface area contributed by atoms with Gasteiger partial charge in [0.25, 0.3) is 5.91 Å². The number of nitrogens with zero attached hydrogens (tertiary/aromatic N) is 2. The van der Waals surface area contributed by atoms with Crippen LogP contribution in [0.3, 0.4) is 0 Å². The maximum absolute atomic E-state index is 11.9. The topological polar surface area (TPSA) is 90.8 Å². The van der Waals surface area contributed by atoms with Gasteiger partial charge in [-0.1, -0.05) is 6.92 Å². The van der Waals surface area contributed by atoms with E-state index in [1.165, 1.54) is 6.08 Å². The summed E-state index contributed by atoms with van der Waals surface area (Å²) in [5.74, 6) is 0.373. The summed E-state index contributed by atoms with van der Waals surface area (Å²) in [6, 6.07) is 9.37. The molecule has 0 aliphatic heterocycles. The van der Waals surface area contributed by atoms with Crippen LogP contribution in [0.5, 0.6) is 5.75 Å². The van der Waals surface area contributed by atoms with Crippen LogP contribution in [0, 0.1) is 11.3 Å². The maximum Gasteiger partial charge on any atom is 0.261 e. The zero-order valence-corrected chi connectivity index (χ0v) is 13.1. The maximum atomic E-state index is 11.9. The van der Waals surface area contributed by atoms with Crippen LogP contribution >= 0.6 is 0 Å². The molecule has 0 aliphatic rings. The standard InChI is InChI=1S/C17H18N4O2/c1-3-8-19-17(22)13(10-18)9-14-11-20-21-16(14)12-4-6-15(23-2)7-5-12/h4-7,9,11H,3,8H2,1-2H3,(H,19,22)(H,20,21)/b13-9+. The summed E-state index contributed by atoms with van der Waals surface area (Å²) >= 11 is 0. The fourth-order valence-electron chi connectivity index (χ4n) is 2.03. The van der Waals surface area contributed by atoms with Crippen molar-refractivity contribution in [2.45, 2.75) is 13.3 Å². The molecule has 0 saturated heterocycles. The SMILES string of the molecule is CCCNC(=O)/C(C#N)=C/c1cn[nH]c1-c1ccc(OC)cc1. The lowest BCUT2D eigenvalue weighted by molar-refractivity contribution is -0.117. The smallest absolute Gasteiger partial charge is 0.261 e. The first-order valence-corrected chi connectivity index (χ1v) is 7.27. The van der Waals surface area contributed by atoms with Gasteiger partial charge < -0.3 is 10.1 Å². The molecule has 1 amide bonds. The van der Waals surface area contributed by atoms with E-state index in [-0.39, 0.29) is 11.5 Å². The van der Waals surface area contributed by atoms with E-state index in [0.717, 1.165) is 23.4 Å². The van der Waals surface area contributed by atoms with Crippen molar-refractivity contribution in [3.63, 3.8) is 0 Å². The lowest BCUT2D eigenvalue weighted by atomic mass is 10.1. The minimum Gasteiger partial charge on any atom is -0.497 e. The first-order chi connectivity index (χ1) is 11.2. The fraction of sp³-hybridized carbons (Fsp3) is 0.235. The highest BCUT2D eigenvalue weighted by Crippen LogP contribution is 2.25. The summed E-state index contributed by atoms with van der Waals surface area (Å²) < 4.78 is 5.13. The first-order valence-electron chi connectivity index (χ1n) is 7.27. The van der Waals surface area contributed by atoms with Crippen molar-refractivity contribution >= 4 is 12.0 Å². The highest BCUT2D eigenvalue weighted by Gasteiger charge is 2.12. The summed E-state index contributed by atoms with van der Waals surface area (Å²) in [4.78, 5) is 11.9. The number of methoxy groups -OCH3 is 1. The van der Waals surface area contributed by atoms with Gasteiger partial charge in [0, 0.05) is 17.7 Å². The molecule has 0 bridgehead atoms. The Kier molecular flexibility index (Phi) is 5.53. The Labute approximate surface area is 134 Å². The molecular formula is C17H18N4O2. The van der Waals surface area contributed by atoms with Crippen molar-refractivity contribution in [2.75, 3.05) is 13.7 Å². The molecule has 0 fully saturated rings. The molecule has 1 aromatic carbocycles. The minimum absolute atomic E-state index is 0.0506. The number of amides is 1. The number of aromatic nitrogens is 2. The number of aromatic amines is 1. The largest absolute Gasteiger partial charge is 0.497 e. The Balaban J connectivity index is 2.30. The number of carbonyl (C=O) groups is 1. The average molecular weight is 310 g/mol. The number of hydrogen-bond acceptors (Lipinski definition) is 4. The van der Waals surface area contributed by atoms with Gasteiger partial charge in [-0.15, -0.1) is 0 Å². The van der Waals surface area contributed by atoms with Gasteiger partial charge in [0.15, 0.2) is 0 Å². The van der Waals surface area contributed by atoms with E-state index < -0.39 is 0 Å². The quantitative estimate of drug-likeness (QED) is 0.633. The zero-order chi connectivity index (χ0) is 16.7. The van der Waals surface area contributed by atoms with Crippen LogP contribution in [0.1, 0.15) is 18.9 Å². The van der Waals surface area contributed by atoms with E-state index in [1.54, 1.807) is 13.3 Å². The highest BCUT2D eigenvalue weighted by atomic mass is 16.5. The zero-order valence-electron chi connectivity index (χ0n) is 13.1. The van der Waals surface area contributed by atoms with Crippen LogP contribution < -0.4 is 10.1 Å². The summed E-state index contributed by atoms with van der Waals surface area (Å²) in [7, 11) is 1.60. The molecular weight excluding hydrogens is 292 g/mol. The van der Waals surface area contributed by atoms with E-state index in [2.05, 4.69) is 15.5 Å². The minimum atomic E-state index is -0.378. The third kappa shape index (κ3) is 3.98. The first kappa shape index (κ1) is 16.3. The second-order valence-corrected chi connectivity index (χ2v) is 4.85. The Morgan fingerprint density at radius 2 is 2.17 bits per heavy atom. The van der Waals surface area contributed by atoms with Gasteiger partial charge in [0.2, 0.25) is 0 Å². The van der Waals surface area contributed by atoms with Crippen molar-refractivity contribution in [1.82, 2.24) is 15.5 Å². The van der Waals surface area contributed by atoms with Crippen molar-refractivity contribution in [2.24, 2.45) is 0 Å². The van der Waals surface area contributed by atoms with Gasteiger partial charge in [0.1, 0.15) is 17.4 Å². The average Bonchev–Trinajstić information content (AvgIpc) is 3.05. The van der Waals surface area contributed by atoms with Gasteiger partial charge in [-0.3, -0.25) is 9.89 Å².